The van der Waals surface area contributed by atoms with Gasteiger partial charge in [-0.25, -0.2) is 9.69 Å². The molecule has 16 nitrogen and oxygen atoms in total. The van der Waals surface area contributed by atoms with Gasteiger partial charge in [0.25, 0.3) is 0 Å². The van der Waals surface area contributed by atoms with E-state index in [1.165, 1.54) is 19.2 Å². The number of methoxy groups -OCH3 is 4. The molecular weight excluding hydrogens is 981 g/mol. The van der Waals surface area contributed by atoms with Crippen molar-refractivity contribution in [1.82, 2.24) is 15.1 Å². The van der Waals surface area contributed by atoms with E-state index in [2.05, 4.69) is 17.2 Å². The predicted molar refractivity (Wildman–Crippen MR) is 281 cm³/mol. The Kier molecular flexibility index (Phi) is 14.3. The fourth-order valence-electron chi connectivity index (χ4n) is 11.8. The van der Waals surface area contributed by atoms with E-state index in [9.17, 15) is 14.7 Å². The minimum atomic E-state index is -2.14. The zero-order valence-corrected chi connectivity index (χ0v) is 43.0. The van der Waals surface area contributed by atoms with Crippen LogP contribution in [0.1, 0.15) is 82.1 Å². The molecular formula is C61H56N4O12. The lowest BCUT2D eigenvalue weighted by molar-refractivity contribution is -0.179. The molecule has 2 fully saturated rings. The highest BCUT2D eigenvalue weighted by atomic mass is 16.6. The van der Waals surface area contributed by atoms with Gasteiger partial charge in [0.2, 0.25) is 11.8 Å². The van der Waals surface area contributed by atoms with E-state index in [1.807, 2.05) is 108 Å². The highest BCUT2D eigenvalue weighted by Crippen LogP contribution is 2.66. The molecule has 0 bridgehead atoms. The van der Waals surface area contributed by atoms with E-state index in [4.69, 9.17) is 23.7 Å². The third-order valence-corrected chi connectivity index (χ3v) is 15.3. The molecule has 7 atom stereocenters. The van der Waals surface area contributed by atoms with Crippen molar-refractivity contribution in [3.05, 3.63) is 190 Å². The van der Waals surface area contributed by atoms with Gasteiger partial charge in [-0.1, -0.05) is 115 Å². The summed E-state index contributed by atoms with van der Waals surface area (Å²) in [6.07, 6.45) is -0.884. The van der Waals surface area contributed by atoms with Crippen molar-refractivity contribution >= 4 is 41.4 Å². The van der Waals surface area contributed by atoms with E-state index in [1.54, 1.807) is 49.3 Å². The van der Waals surface area contributed by atoms with Crippen LogP contribution in [0.3, 0.4) is 0 Å². The molecule has 4 aliphatic rings. The Bertz CT molecular complexity index is 3310. The number of hydrogen-bond donors (Lipinski definition) is 2. The number of phenols is 1. The third-order valence-electron chi connectivity index (χ3n) is 15.3. The smallest absolute Gasteiger partial charge is 0.329 e. The molecule has 6 aromatic rings. The van der Waals surface area contributed by atoms with Crippen molar-refractivity contribution in [1.29, 1.82) is 0 Å². The number of rotatable bonds is 11. The van der Waals surface area contributed by atoms with Gasteiger partial charge in [-0.3, -0.25) is 28.9 Å². The Labute approximate surface area is 445 Å². The Morgan fingerprint density at radius 3 is 1.97 bits per heavy atom. The number of cyclic esters (lactones) is 1. The summed E-state index contributed by atoms with van der Waals surface area (Å²) in [5, 5.41) is 13.9. The van der Waals surface area contributed by atoms with Crippen LogP contribution in [0.4, 0.5) is 10.5 Å². The molecule has 4 heterocycles. The number of nitrogens with zero attached hydrogens (tertiary/aromatic N) is 3. The number of phenolic OH excluding ortho intramolecular Hbond substituents is 1. The second kappa shape index (κ2) is 21.4. The summed E-state index contributed by atoms with van der Waals surface area (Å²) in [5.74, 6) is 0.121. The van der Waals surface area contributed by atoms with Crippen molar-refractivity contribution in [3.8, 4) is 29.1 Å². The summed E-state index contributed by atoms with van der Waals surface area (Å²) >= 11 is 0. The second-order valence-corrected chi connectivity index (χ2v) is 19.4. The van der Waals surface area contributed by atoms with Crippen LogP contribution in [0.5, 0.6) is 17.2 Å². The van der Waals surface area contributed by atoms with Crippen LogP contribution in [-0.2, 0) is 56.6 Å². The maximum atomic E-state index is 16.9. The lowest BCUT2D eigenvalue weighted by Gasteiger charge is -2.46. The summed E-state index contributed by atoms with van der Waals surface area (Å²) in [4.78, 5) is 94.6. The standard InChI is InChI=1S/C61H56N4O12/c1-36(38-17-9-6-10-18-38)62-60(72)64-47-29-24-37(16-15-23-45(56(68)75-4)57(69)76-5)32-46(47)61(59(64)71)50(55(67)63-31-30-42-33-48(73-2)49(74-3)34-43(42)35-63)52-58(70)77-53(40-21-13-8-14-22-40)51(39-19-11-7-12-20-39)65(52)54(61)41-25-27-44(66)28-26-41/h6-14,17-22,24-29,32-34,36,45,50-54,66H,23,30-31,35H2,1-5H3,(H,62,72)/t36-,50+,51+,52+,53-,54-,61+/m1/s1. The van der Waals surface area contributed by atoms with E-state index < -0.39 is 83.3 Å². The number of nitrogens with one attached hydrogen (secondary N) is 1. The highest BCUT2D eigenvalue weighted by molar-refractivity contribution is 6.24. The maximum Gasteiger partial charge on any atom is 0.329 e. The third kappa shape index (κ3) is 9.05. The minimum Gasteiger partial charge on any atom is -0.508 e. The van der Waals surface area contributed by atoms with Crippen molar-refractivity contribution in [2.24, 2.45) is 11.8 Å². The number of morpholine rings is 1. The van der Waals surface area contributed by atoms with Gasteiger partial charge in [-0.15, -0.1) is 0 Å². The van der Waals surface area contributed by atoms with Crippen LogP contribution in [-0.4, -0.2) is 91.7 Å². The first-order chi connectivity index (χ1) is 37.3. The van der Waals surface area contributed by atoms with Gasteiger partial charge in [-0.2, -0.15) is 0 Å². The molecule has 6 aromatic carbocycles. The molecule has 2 saturated heterocycles. The van der Waals surface area contributed by atoms with Crippen LogP contribution >= 0.6 is 0 Å². The van der Waals surface area contributed by atoms with Crippen molar-refractivity contribution in [3.63, 3.8) is 0 Å². The fourth-order valence-corrected chi connectivity index (χ4v) is 11.8. The Hall–Kier alpha value is -8.94. The second-order valence-electron chi connectivity index (χ2n) is 19.4. The number of benzene rings is 6. The first-order valence-electron chi connectivity index (χ1n) is 25.2. The Balaban J connectivity index is 1.25. The number of esters is 3. The molecule has 77 heavy (non-hydrogen) atoms. The Morgan fingerprint density at radius 2 is 1.35 bits per heavy atom. The number of anilines is 1. The Morgan fingerprint density at radius 1 is 0.740 bits per heavy atom. The monoisotopic (exact) mass is 1040 g/mol. The van der Waals surface area contributed by atoms with Gasteiger partial charge >= 0.3 is 23.9 Å². The normalized spacial score (nSPS) is 21.7. The zero-order chi connectivity index (χ0) is 54.1. The maximum absolute atomic E-state index is 16.9. The van der Waals surface area contributed by atoms with Crippen molar-refractivity contribution < 1.29 is 57.6 Å². The molecule has 0 unspecified atom stereocenters. The number of imide groups is 1. The molecule has 392 valence electrons. The van der Waals surface area contributed by atoms with Crippen LogP contribution in [0.25, 0.3) is 0 Å². The largest absolute Gasteiger partial charge is 0.508 e. The number of aromatic hydroxyl groups is 1. The van der Waals surface area contributed by atoms with Crippen LogP contribution in [0, 0.1) is 23.7 Å². The number of fused-ring (bicyclic) bond motifs is 4. The number of amides is 4. The van der Waals surface area contributed by atoms with E-state index >= 15 is 19.2 Å². The summed E-state index contributed by atoms with van der Waals surface area (Å²) in [5.41, 5.74) is 2.75. The number of hydrogen-bond acceptors (Lipinski definition) is 13. The quantitative estimate of drug-likeness (QED) is 0.0553. The molecule has 0 saturated carbocycles. The molecule has 10 rings (SSSR count). The predicted octanol–water partition coefficient (Wildman–Crippen LogP) is 7.83. The first-order valence-corrected chi connectivity index (χ1v) is 25.2. The molecule has 0 aliphatic carbocycles. The molecule has 0 radical (unpaired) electrons. The molecule has 4 aliphatic heterocycles. The molecule has 16 heteroatoms. The molecule has 0 aromatic heterocycles. The molecule has 2 N–H and O–H groups in total. The summed E-state index contributed by atoms with van der Waals surface area (Å²) in [6.45, 7) is 2.04. The summed E-state index contributed by atoms with van der Waals surface area (Å²) in [7, 11) is 5.38. The lowest BCUT2D eigenvalue weighted by atomic mass is 9.64. The topological polar surface area (TPSA) is 191 Å². The van der Waals surface area contributed by atoms with Gasteiger partial charge in [0.05, 0.1) is 58.2 Å². The van der Waals surface area contributed by atoms with E-state index in [-0.39, 0.29) is 36.5 Å². The molecule has 1 spiro atoms. The average Bonchev–Trinajstić information content (AvgIpc) is 3.97. The van der Waals surface area contributed by atoms with Gasteiger partial charge in [0, 0.05) is 25.1 Å². The van der Waals surface area contributed by atoms with Crippen molar-refractivity contribution in [2.75, 3.05) is 39.9 Å². The zero-order valence-electron chi connectivity index (χ0n) is 43.0. The van der Waals surface area contributed by atoms with Gasteiger partial charge < -0.3 is 39.0 Å². The van der Waals surface area contributed by atoms with Crippen molar-refractivity contribution in [2.45, 2.75) is 62.0 Å². The lowest BCUT2D eigenvalue weighted by Crippen LogP contribution is -2.57. The average molecular weight is 1040 g/mol. The van der Waals surface area contributed by atoms with Gasteiger partial charge in [0.1, 0.15) is 23.3 Å². The SMILES string of the molecule is COC(=O)C(CC#Cc1ccc2c(c1)[C@]1(C(=O)N2C(=O)N[C@H](C)c2ccccc2)[C@H](C(=O)N2CCc3cc(OC)c(OC)cc3C2)[C@H]2C(=O)O[C@H](c3ccccc3)[C@H](c3ccccc3)N2[C@@H]1c1ccc(O)cc1)C(=O)OC. The molecule has 4 amide bonds. The minimum absolute atomic E-state index is 0.0639. The number of urea groups is 1. The number of carbonyl (C=O) groups excluding carboxylic acids is 6. The number of ether oxygens (including phenoxy) is 5. The fraction of sp³-hybridized carbons (Fsp3) is 0.279. The van der Waals surface area contributed by atoms with Crippen LogP contribution < -0.4 is 19.7 Å². The van der Waals surface area contributed by atoms with Gasteiger partial charge in [0.15, 0.2) is 17.4 Å². The number of carbonyl (C=O) groups is 6. The van der Waals surface area contributed by atoms with Gasteiger partial charge in [-0.05, 0) is 94.8 Å². The van der Waals surface area contributed by atoms with Crippen LogP contribution in [0.15, 0.2) is 146 Å². The summed E-state index contributed by atoms with van der Waals surface area (Å²) in [6, 6.07) is 37.8. The highest BCUT2D eigenvalue weighted by Gasteiger charge is 2.76. The summed E-state index contributed by atoms with van der Waals surface area (Å²) < 4.78 is 27.8. The van der Waals surface area contributed by atoms with E-state index in [0.29, 0.717) is 40.2 Å². The van der Waals surface area contributed by atoms with E-state index in [0.717, 1.165) is 35.8 Å². The van der Waals surface area contributed by atoms with Crippen LogP contribution in [0.2, 0.25) is 0 Å². The first kappa shape index (κ1) is 51.5.